The Morgan fingerprint density at radius 3 is 2.47 bits per heavy atom. The molecule has 1 aliphatic carbocycles. The van der Waals surface area contributed by atoms with Gasteiger partial charge in [-0.05, 0) is 31.6 Å². The molecule has 1 saturated carbocycles. The number of carboxylic acid groups (broad SMARTS) is 1. The van der Waals surface area contributed by atoms with Crippen molar-refractivity contribution in [3.8, 4) is 0 Å². The van der Waals surface area contributed by atoms with Gasteiger partial charge in [-0.3, -0.25) is 4.79 Å². The number of hydrogen-bond donors (Lipinski definition) is 2. The van der Waals surface area contributed by atoms with Crippen LogP contribution < -0.4 is 5.32 Å². The molecule has 1 fully saturated rings. The van der Waals surface area contributed by atoms with E-state index in [2.05, 4.69) is 5.32 Å². The van der Waals surface area contributed by atoms with Crippen molar-refractivity contribution in [1.82, 2.24) is 5.32 Å². The zero-order valence-electron chi connectivity index (χ0n) is 12.0. The number of hydrogen-bond acceptors (Lipinski definition) is 3. The lowest BCUT2D eigenvalue weighted by Crippen LogP contribution is -2.46. The van der Waals surface area contributed by atoms with Crippen molar-refractivity contribution in [1.29, 1.82) is 0 Å². The average molecular weight is 271 g/mol. The van der Waals surface area contributed by atoms with E-state index in [1.165, 1.54) is 0 Å². The molecule has 1 aliphatic rings. The standard InChI is InChI=1S/C14H25NO4/c1-4-9(3)13(14(17)18)15-12(16)8-10-6-11(7-10)19-5-2/h9-11,13H,4-8H2,1-3H3,(H,15,16)(H,17,18). The summed E-state index contributed by atoms with van der Waals surface area (Å²) in [5, 5.41) is 11.7. The maximum Gasteiger partial charge on any atom is 0.326 e. The van der Waals surface area contributed by atoms with Crippen molar-refractivity contribution in [3.05, 3.63) is 0 Å². The van der Waals surface area contributed by atoms with E-state index >= 15 is 0 Å². The minimum atomic E-state index is -0.955. The molecule has 5 nitrogen and oxygen atoms in total. The minimum Gasteiger partial charge on any atom is -0.480 e. The number of carbonyl (C=O) groups is 2. The highest BCUT2D eigenvalue weighted by molar-refractivity contribution is 5.83. The topological polar surface area (TPSA) is 75.6 Å². The van der Waals surface area contributed by atoms with Gasteiger partial charge in [-0.1, -0.05) is 20.3 Å². The SMILES string of the molecule is CCOC1CC(CC(=O)NC(C(=O)O)C(C)CC)C1. The summed E-state index contributed by atoms with van der Waals surface area (Å²) in [6.07, 6.45) is 3.23. The van der Waals surface area contributed by atoms with E-state index in [9.17, 15) is 9.59 Å². The Balaban J connectivity index is 2.32. The Labute approximate surface area is 114 Å². The second-order valence-corrected chi connectivity index (χ2v) is 5.39. The molecular weight excluding hydrogens is 246 g/mol. The maximum atomic E-state index is 11.8. The van der Waals surface area contributed by atoms with Crippen molar-refractivity contribution in [2.45, 2.75) is 58.6 Å². The van der Waals surface area contributed by atoms with Crippen LogP contribution in [0, 0.1) is 11.8 Å². The van der Waals surface area contributed by atoms with Gasteiger partial charge < -0.3 is 15.2 Å². The molecule has 19 heavy (non-hydrogen) atoms. The molecule has 0 heterocycles. The summed E-state index contributed by atoms with van der Waals surface area (Å²) in [4.78, 5) is 22.9. The number of carbonyl (C=O) groups excluding carboxylic acids is 1. The molecular formula is C14H25NO4. The summed E-state index contributed by atoms with van der Waals surface area (Å²) in [6, 6.07) is -0.778. The molecule has 0 bridgehead atoms. The first kappa shape index (κ1) is 16.0. The Bertz CT molecular complexity index is 313. The Kier molecular flexibility index (Phi) is 6.28. The van der Waals surface area contributed by atoms with E-state index in [0.29, 0.717) is 18.9 Å². The van der Waals surface area contributed by atoms with Crippen LogP contribution in [-0.4, -0.2) is 35.7 Å². The van der Waals surface area contributed by atoms with E-state index in [1.54, 1.807) is 0 Å². The highest BCUT2D eigenvalue weighted by Gasteiger charge is 2.32. The van der Waals surface area contributed by atoms with Gasteiger partial charge in [-0.2, -0.15) is 0 Å². The van der Waals surface area contributed by atoms with Crippen molar-refractivity contribution >= 4 is 11.9 Å². The van der Waals surface area contributed by atoms with Crippen LogP contribution in [0.3, 0.4) is 0 Å². The third kappa shape index (κ3) is 4.82. The summed E-state index contributed by atoms with van der Waals surface area (Å²) < 4.78 is 5.44. The predicted octanol–water partition coefficient (Wildman–Crippen LogP) is 1.81. The molecule has 2 N–H and O–H groups in total. The van der Waals surface area contributed by atoms with Crippen molar-refractivity contribution in [3.63, 3.8) is 0 Å². The Morgan fingerprint density at radius 2 is 2.00 bits per heavy atom. The molecule has 0 aliphatic heterocycles. The van der Waals surface area contributed by atoms with Gasteiger partial charge in [-0.25, -0.2) is 4.79 Å². The van der Waals surface area contributed by atoms with Crippen LogP contribution in [0.25, 0.3) is 0 Å². The lowest BCUT2D eigenvalue weighted by molar-refractivity contribution is -0.143. The number of rotatable bonds is 8. The van der Waals surface area contributed by atoms with Crippen LogP contribution in [0.1, 0.15) is 46.5 Å². The Hall–Kier alpha value is -1.10. The summed E-state index contributed by atoms with van der Waals surface area (Å²) in [6.45, 7) is 6.43. The quantitative estimate of drug-likeness (QED) is 0.706. The number of ether oxygens (including phenoxy) is 1. The fourth-order valence-electron chi connectivity index (χ4n) is 2.39. The predicted molar refractivity (Wildman–Crippen MR) is 71.8 cm³/mol. The fourth-order valence-corrected chi connectivity index (χ4v) is 2.39. The zero-order valence-corrected chi connectivity index (χ0v) is 12.0. The first-order valence-electron chi connectivity index (χ1n) is 7.11. The normalized spacial score (nSPS) is 25.2. The minimum absolute atomic E-state index is 0.0565. The molecule has 2 unspecified atom stereocenters. The van der Waals surface area contributed by atoms with Crippen molar-refractivity contribution < 1.29 is 19.4 Å². The van der Waals surface area contributed by atoms with Gasteiger partial charge in [0.1, 0.15) is 6.04 Å². The third-order valence-corrected chi connectivity index (χ3v) is 3.86. The van der Waals surface area contributed by atoms with E-state index in [1.807, 2.05) is 20.8 Å². The van der Waals surface area contributed by atoms with Gasteiger partial charge in [0.15, 0.2) is 0 Å². The fraction of sp³-hybridized carbons (Fsp3) is 0.857. The molecule has 0 saturated heterocycles. The van der Waals surface area contributed by atoms with Gasteiger partial charge in [0, 0.05) is 13.0 Å². The largest absolute Gasteiger partial charge is 0.480 e. The average Bonchev–Trinajstić information content (AvgIpc) is 2.32. The van der Waals surface area contributed by atoms with Crippen LogP contribution in [0.2, 0.25) is 0 Å². The van der Waals surface area contributed by atoms with E-state index < -0.39 is 12.0 Å². The van der Waals surface area contributed by atoms with Gasteiger partial charge >= 0.3 is 5.97 Å². The Morgan fingerprint density at radius 1 is 1.37 bits per heavy atom. The highest BCUT2D eigenvalue weighted by atomic mass is 16.5. The molecule has 5 heteroatoms. The molecule has 2 atom stereocenters. The second-order valence-electron chi connectivity index (χ2n) is 5.39. The monoisotopic (exact) mass is 271 g/mol. The molecule has 0 spiro atoms. The van der Waals surface area contributed by atoms with E-state index in [0.717, 1.165) is 19.3 Å². The molecule has 0 aromatic carbocycles. The summed E-state index contributed by atoms with van der Waals surface area (Å²) >= 11 is 0. The second kappa shape index (κ2) is 7.48. The molecule has 1 amide bonds. The lowest BCUT2D eigenvalue weighted by Gasteiger charge is -2.34. The number of nitrogens with one attached hydrogen (secondary N) is 1. The molecule has 110 valence electrons. The van der Waals surface area contributed by atoms with Crippen LogP contribution in [-0.2, 0) is 14.3 Å². The molecule has 0 radical (unpaired) electrons. The highest BCUT2D eigenvalue weighted by Crippen LogP contribution is 2.32. The van der Waals surface area contributed by atoms with Crippen LogP contribution >= 0.6 is 0 Å². The third-order valence-electron chi connectivity index (χ3n) is 3.86. The first-order chi connectivity index (χ1) is 8.97. The first-order valence-corrected chi connectivity index (χ1v) is 7.11. The number of aliphatic carboxylic acids is 1. The van der Waals surface area contributed by atoms with E-state index in [4.69, 9.17) is 9.84 Å². The van der Waals surface area contributed by atoms with Crippen LogP contribution in [0.15, 0.2) is 0 Å². The van der Waals surface area contributed by atoms with Gasteiger partial charge in [-0.15, -0.1) is 0 Å². The maximum absolute atomic E-state index is 11.8. The van der Waals surface area contributed by atoms with Crippen LogP contribution in [0.4, 0.5) is 0 Å². The lowest BCUT2D eigenvalue weighted by atomic mass is 9.79. The van der Waals surface area contributed by atoms with Gasteiger partial charge in [0.05, 0.1) is 6.10 Å². The summed E-state index contributed by atoms with van der Waals surface area (Å²) in [5.41, 5.74) is 0. The summed E-state index contributed by atoms with van der Waals surface area (Å²) in [5.74, 6) is -0.835. The van der Waals surface area contributed by atoms with E-state index in [-0.39, 0.29) is 17.9 Å². The molecule has 1 rings (SSSR count). The van der Waals surface area contributed by atoms with Gasteiger partial charge in [0.25, 0.3) is 0 Å². The molecule has 0 aromatic heterocycles. The van der Waals surface area contributed by atoms with Crippen molar-refractivity contribution in [2.24, 2.45) is 11.8 Å². The van der Waals surface area contributed by atoms with Crippen molar-refractivity contribution in [2.75, 3.05) is 6.61 Å². The summed E-state index contributed by atoms with van der Waals surface area (Å²) in [7, 11) is 0. The molecule has 0 aromatic rings. The number of carboxylic acids is 1. The van der Waals surface area contributed by atoms with Crippen LogP contribution in [0.5, 0.6) is 0 Å². The van der Waals surface area contributed by atoms with Gasteiger partial charge in [0.2, 0.25) is 5.91 Å². The number of amides is 1. The zero-order chi connectivity index (χ0) is 14.4. The smallest absolute Gasteiger partial charge is 0.326 e.